The van der Waals surface area contributed by atoms with Gasteiger partial charge in [-0.25, -0.2) is 4.39 Å². The number of piperazine rings is 1. The zero-order valence-electron chi connectivity index (χ0n) is 14.1. The fraction of sp³-hybridized carbons (Fsp3) is 0.200. The van der Waals surface area contributed by atoms with E-state index in [2.05, 4.69) is 16.0 Å². The van der Waals surface area contributed by atoms with Crippen LogP contribution in [0.15, 0.2) is 48.7 Å². The summed E-state index contributed by atoms with van der Waals surface area (Å²) in [4.78, 5) is 20.0. The summed E-state index contributed by atoms with van der Waals surface area (Å²) >= 11 is 0. The number of carbonyl (C=O) groups excluding carboxylic acids is 1. The Morgan fingerprint density at radius 2 is 1.81 bits per heavy atom. The third-order valence-electron chi connectivity index (χ3n) is 4.82. The molecule has 0 saturated carbocycles. The Balaban J connectivity index is 1.51. The van der Waals surface area contributed by atoms with Gasteiger partial charge >= 0.3 is 0 Å². The molecule has 1 aliphatic rings. The Morgan fingerprint density at radius 1 is 1.08 bits per heavy atom. The molecule has 1 saturated heterocycles. The van der Waals surface area contributed by atoms with Gasteiger partial charge in [-0.3, -0.25) is 4.79 Å². The largest absolute Gasteiger partial charge is 0.368 e. The highest BCUT2D eigenvalue weighted by Gasteiger charge is 2.24. The van der Waals surface area contributed by atoms with Gasteiger partial charge in [0.05, 0.1) is 16.6 Å². The molecular formula is C20H17FN4O. The van der Waals surface area contributed by atoms with Crippen LogP contribution in [0.2, 0.25) is 0 Å². The van der Waals surface area contributed by atoms with Crippen molar-refractivity contribution in [3.8, 4) is 6.07 Å². The van der Waals surface area contributed by atoms with E-state index in [1.807, 2.05) is 11.0 Å². The molecule has 0 aliphatic carbocycles. The molecule has 0 atom stereocenters. The Kier molecular flexibility index (Phi) is 4.05. The molecule has 4 rings (SSSR count). The number of fused-ring (bicyclic) bond motifs is 1. The molecule has 0 unspecified atom stereocenters. The van der Waals surface area contributed by atoms with E-state index in [9.17, 15) is 9.18 Å². The highest BCUT2D eigenvalue weighted by Crippen LogP contribution is 2.23. The van der Waals surface area contributed by atoms with Gasteiger partial charge in [0.15, 0.2) is 0 Å². The van der Waals surface area contributed by atoms with E-state index in [0.717, 1.165) is 11.1 Å². The van der Waals surface area contributed by atoms with Crippen LogP contribution in [-0.2, 0) is 0 Å². The van der Waals surface area contributed by atoms with Crippen LogP contribution in [0, 0.1) is 17.1 Å². The van der Waals surface area contributed by atoms with Gasteiger partial charge in [0, 0.05) is 43.4 Å². The molecule has 2 heterocycles. The second kappa shape index (κ2) is 6.52. The lowest BCUT2D eigenvalue weighted by atomic mass is 10.1. The third-order valence-corrected chi connectivity index (χ3v) is 4.82. The molecule has 1 fully saturated rings. The van der Waals surface area contributed by atoms with E-state index < -0.39 is 0 Å². The first-order valence-electron chi connectivity index (χ1n) is 8.47. The summed E-state index contributed by atoms with van der Waals surface area (Å²) in [5, 5.41) is 9.93. The van der Waals surface area contributed by atoms with E-state index in [1.165, 1.54) is 12.1 Å². The number of anilines is 1. The molecular weight excluding hydrogens is 331 g/mol. The van der Waals surface area contributed by atoms with Gasteiger partial charge in [-0.1, -0.05) is 12.1 Å². The van der Waals surface area contributed by atoms with Crippen LogP contribution in [0.5, 0.6) is 0 Å². The summed E-state index contributed by atoms with van der Waals surface area (Å²) in [6.45, 7) is 2.58. The number of amides is 1. The summed E-state index contributed by atoms with van der Waals surface area (Å²) in [5.41, 5.74) is 2.79. The number of aromatic amines is 1. The van der Waals surface area contributed by atoms with E-state index >= 15 is 0 Å². The number of H-pyrrole nitrogens is 1. The number of nitriles is 1. The molecule has 1 N–H and O–H groups in total. The number of nitrogens with zero attached hydrogens (tertiary/aromatic N) is 3. The van der Waals surface area contributed by atoms with Crippen molar-refractivity contribution < 1.29 is 9.18 Å². The maximum absolute atomic E-state index is 13.1. The number of hydrogen-bond acceptors (Lipinski definition) is 3. The molecule has 0 radical (unpaired) electrons. The minimum Gasteiger partial charge on any atom is -0.368 e. The Bertz CT molecular complexity index is 995. The predicted octanol–water partition coefficient (Wildman–Crippen LogP) is 3.14. The summed E-state index contributed by atoms with van der Waals surface area (Å²) in [7, 11) is 0. The SMILES string of the molecule is N#Cc1c[nH]c2c(C(=O)N3CCN(c4ccc(F)cc4)CC3)cccc12. The first-order valence-corrected chi connectivity index (χ1v) is 8.47. The number of carbonyl (C=O) groups is 1. The van der Waals surface area contributed by atoms with Crippen LogP contribution in [0.4, 0.5) is 10.1 Å². The number of para-hydroxylation sites is 1. The fourth-order valence-electron chi connectivity index (χ4n) is 3.42. The minimum atomic E-state index is -0.252. The Morgan fingerprint density at radius 3 is 2.50 bits per heavy atom. The van der Waals surface area contributed by atoms with Gasteiger partial charge in [-0.2, -0.15) is 5.26 Å². The highest BCUT2D eigenvalue weighted by molar-refractivity contribution is 6.07. The van der Waals surface area contributed by atoms with Gasteiger partial charge in [0.2, 0.25) is 0 Å². The van der Waals surface area contributed by atoms with Gasteiger partial charge in [-0.15, -0.1) is 0 Å². The van der Waals surface area contributed by atoms with Gasteiger partial charge < -0.3 is 14.8 Å². The van der Waals surface area contributed by atoms with Crippen LogP contribution < -0.4 is 4.90 Å². The maximum Gasteiger partial charge on any atom is 0.256 e. The van der Waals surface area contributed by atoms with Gasteiger partial charge in [-0.05, 0) is 30.3 Å². The number of aromatic nitrogens is 1. The molecule has 1 aromatic heterocycles. The molecule has 1 amide bonds. The maximum atomic E-state index is 13.1. The molecule has 6 heteroatoms. The molecule has 26 heavy (non-hydrogen) atoms. The zero-order chi connectivity index (χ0) is 18.1. The quantitative estimate of drug-likeness (QED) is 0.774. The summed E-state index contributed by atoms with van der Waals surface area (Å²) < 4.78 is 13.1. The number of halogens is 1. The van der Waals surface area contributed by atoms with Crippen molar-refractivity contribution in [2.75, 3.05) is 31.1 Å². The van der Waals surface area contributed by atoms with Crippen molar-refractivity contribution in [2.24, 2.45) is 0 Å². The second-order valence-corrected chi connectivity index (χ2v) is 6.30. The number of rotatable bonds is 2. The number of nitrogens with one attached hydrogen (secondary N) is 1. The summed E-state index contributed by atoms with van der Waals surface area (Å²) in [6, 6.07) is 14.0. The smallest absolute Gasteiger partial charge is 0.256 e. The van der Waals surface area contributed by atoms with Crippen molar-refractivity contribution >= 4 is 22.5 Å². The van der Waals surface area contributed by atoms with Crippen molar-refractivity contribution in [3.63, 3.8) is 0 Å². The van der Waals surface area contributed by atoms with Crippen LogP contribution in [-0.4, -0.2) is 42.0 Å². The molecule has 2 aromatic carbocycles. The molecule has 130 valence electrons. The molecule has 1 aliphatic heterocycles. The predicted molar refractivity (Wildman–Crippen MR) is 97.5 cm³/mol. The normalized spacial score (nSPS) is 14.5. The average molecular weight is 348 g/mol. The third kappa shape index (κ3) is 2.78. The monoisotopic (exact) mass is 348 g/mol. The van der Waals surface area contributed by atoms with E-state index in [4.69, 9.17) is 5.26 Å². The summed E-state index contributed by atoms with van der Waals surface area (Å²) in [6.07, 6.45) is 1.63. The van der Waals surface area contributed by atoms with Crippen molar-refractivity contribution in [2.45, 2.75) is 0 Å². The topological polar surface area (TPSA) is 63.1 Å². The fourth-order valence-corrected chi connectivity index (χ4v) is 3.42. The van der Waals surface area contributed by atoms with Crippen LogP contribution in [0.25, 0.3) is 10.9 Å². The van der Waals surface area contributed by atoms with Crippen molar-refractivity contribution in [1.82, 2.24) is 9.88 Å². The lowest BCUT2D eigenvalue weighted by molar-refractivity contribution is 0.0748. The Hall–Kier alpha value is -3.33. The molecule has 3 aromatic rings. The van der Waals surface area contributed by atoms with E-state index in [0.29, 0.717) is 42.8 Å². The minimum absolute atomic E-state index is 0.0410. The number of benzene rings is 2. The molecule has 5 nitrogen and oxygen atoms in total. The molecule has 0 bridgehead atoms. The van der Waals surface area contributed by atoms with Gasteiger partial charge in [0.25, 0.3) is 5.91 Å². The van der Waals surface area contributed by atoms with E-state index in [-0.39, 0.29) is 11.7 Å². The van der Waals surface area contributed by atoms with Crippen LogP contribution >= 0.6 is 0 Å². The Labute approximate surface area is 150 Å². The second-order valence-electron chi connectivity index (χ2n) is 6.30. The van der Waals surface area contributed by atoms with Crippen LogP contribution in [0.3, 0.4) is 0 Å². The lowest BCUT2D eigenvalue weighted by Crippen LogP contribution is -2.48. The van der Waals surface area contributed by atoms with Crippen molar-refractivity contribution in [1.29, 1.82) is 5.26 Å². The highest BCUT2D eigenvalue weighted by atomic mass is 19.1. The lowest BCUT2D eigenvalue weighted by Gasteiger charge is -2.36. The zero-order valence-corrected chi connectivity index (χ0v) is 14.1. The first kappa shape index (κ1) is 16.2. The average Bonchev–Trinajstić information content (AvgIpc) is 3.11. The summed E-state index contributed by atoms with van der Waals surface area (Å²) in [5.74, 6) is -0.293. The van der Waals surface area contributed by atoms with Crippen LogP contribution in [0.1, 0.15) is 15.9 Å². The van der Waals surface area contributed by atoms with Gasteiger partial charge in [0.1, 0.15) is 11.9 Å². The van der Waals surface area contributed by atoms with E-state index in [1.54, 1.807) is 30.5 Å². The first-order chi connectivity index (χ1) is 12.7. The molecule has 0 spiro atoms. The number of hydrogen-bond donors (Lipinski definition) is 1. The standard InChI is InChI=1S/C20H17FN4O/c21-15-4-6-16(7-5-15)24-8-10-25(11-9-24)20(26)18-3-1-2-17-14(12-22)13-23-19(17)18/h1-7,13,23H,8-11H2. The van der Waals surface area contributed by atoms with Crippen molar-refractivity contribution in [3.05, 3.63) is 65.6 Å².